The summed E-state index contributed by atoms with van der Waals surface area (Å²) in [6.07, 6.45) is 10.8. The molecule has 3 radical (unpaired) electrons. The van der Waals surface area contributed by atoms with Crippen molar-refractivity contribution in [1.82, 2.24) is 33.7 Å². The second-order valence-corrected chi connectivity index (χ2v) is 45.0. The van der Waals surface area contributed by atoms with Gasteiger partial charge in [0, 0.05) is 100 Å². The van der Waals surface area contributed by atoms with Crippen LogP contribution in [-0.2, 0) is 76.2 Å². The fraction of sp³-hybridized carbons (Fsp3) is 0.375. The first-order chi connectivity index (χ1) is 68.4. The maximum absolute atomic E-state index is 13.8. The average Bonchev–Trinajstić information content (AvgIpc) is 1.47. The molecule has 0 N–H and O–H groups in total. The molecular weight excluding hydrogens is 2140 g/mol. The van der Waals surface area contributed by atoms with E-state index >= 15 is 0 Å². The molecule has 147 heavy (non-hydrogen) atoms. The van der Waals surface area contributed by atoms with Gasteiger partial charge < -0.3 is 62.8 Å². The van der Waals surface area contributed by atoms with E-state index in [0.29, 0.717) is 90.6 Å². The number of carbonyl (C=O) groups excluding carboxylic acids is 3. The van der Waals surface area contributed by atoms with Gasteiger partial charge in [-0.05, 0) is 149 Å². The first kappa shape index (κ1) is 114. The molecule has 5 aromatic heterocycles. The van der Waals surface area contributed by atoms with Crippen LogP contribution in [0.2, 0.25) is 0 Å². The largest absolute Gasteiger partial charge is 2.00 e. The molecule has 3 aliphatic rings. The number of nitrogens with zero attached hydrogens (tertiary/aromatic N) is 13. The van der Waals surface area contributed by atoms with E-state index < -0.39 is 16.2 Å². The van der Waals surface area contributed by atoms with E-state index in [0.717, 1.165) is 83.8 Å². The minimum atomic E-state index is -0.540. The van der Waals surface area contributed by atoms with Crippen LogP contribution >= 0.6 is 0 Å². The van der Waals surface area contributed by atoms with Crippen LogP contribution in [0.4, 0.5) is 34.1 Å². The van der Waals surface area contributed by atoms with E-state index in [4.69, 9.17) is 0 Å². The molecule has 20 rings (SSSR count). The summed E-state index contributed by atoms with van der Waals surface area (Å²) in [6.45, 7) is 67.5. The van der Waals surface area contributed by atoms with Gasteiger partial charge in [-0.15, -0.1) is 11.0 Å². The Morgan fingerprint density at radius 2 is 0.456 bits per heavy atom. The second kappa shape index (κ2) is 47.5. The van der Waals surface area contributed by atoms with Crippen LogP contribution in [0.15, 0.2) is 255 Å². The Morgan fingerprint density at radius 1 is 0.259 bits per heavy atom. The van der Waals surface area contributed by atoms with Gasteiger partial charge in [0.05, 0.1) is 70.0 Å². The van der Waals surface area contributed by atoms with Crippen molar-refractivity contribution < 1.29 is 89.9 Å². The number of amides is 3. The Labute approximate surface area is 915 Å². The Morgan fingerprint density at radius 3 is 0.687 bits per heavy atom. The van der Waals surface area contributed by atoms with Gasteiger partial charge in [0.1, 0.15) is 0 Å². The summed E-state index contributed by atoms with van der Waals surface area (Å²) in [6, 6.07) is 88.1. The molecular formula is C128H150AgAuCuN13O3-. The molecule has 16 nitrogen and oxygen atoms in total. The standard InChI is InChI=1S/3C30H42N2O.2C13H8N3.C12H8N.Ag.Au.Cu/c3*1-19(2)23-13-11-14-24(20(3)4)27(23)31-17-30(9,10)29(33)32(18-31)28-25(21(5)6)15-12-16-26(28)22(7)8;2*1-3-7-11-9(5-1)14-13-15-10-6-2-4-8-12(10)16(11)13;1-3-7-11-9(5-1)10-6-2-4-8-12(10)13-11;;;/h3*11-16,19-22H,17H2,1-10H3;2*1-8H;1-8H;;;/q;;;3*-1;;;+2. The van der Waals surface area contributed by atoms with Crippen LogP contribution in [-0.4, -0.2) is 88.9 Å². The Kier molecular flexibility index (Phi) is 36.9. The molecule has 19 heteroatoms. The molecule has 17 aromatic rings. The first-order valence-electron chi connectivity index (χ1n) is 52.3. The summed E-state index contributed by atoms with van der Waals surface area (Å²) in [7, 11) is 0. The van der Waals surface area contributed by atoms with Crippen molar-refractivity contribution in [3.05, 3.63) is 322 Å². The molecule has 8 heterocycles. The Hall–Kier alpha value is -11.6. The minimum Gasteiger partial charge on any atom is -0.657 e. The number of benzene rings is 12. The number of imidazole rings is 4. The average molecular weight is 2290 g/mol. The predicted octanol–water partition coefficient (Wildman–Crippen LogP) is 31.5. The van der Waals surface area contributed by atoms with Crippen LogP contribution in [0, 0.1) is 16.2 Å². The Bertz CT molecular complexity index is 6800. The van der Waals surface area contributed by atoms with Gasteiger partial charge in [-0.1, -0.05) is 462 Å². The topological polar surface area (TPSA) is 147 Å². The van der Waals surface area contributed by atoms with Gasteiger partial charge in [0.2, 0.25) is 36.7 Å². The summed E-state index contributed by atoms with van der Waals surface area (Å²) in [5.41, 5.74) is 30.7. The molecule has 0 bridgehead atoms. The van der Waals surface area contributed by atoms with E-state index in [1.807, 2.05) is 98.7 Å². The second-order valence-electron chi connectivity index (χ2n) is 45.0. The van der Waals surface area contributed by atoms with Gasteiger partial charge >= 0.3 is 17.1 Å². The van der Waals surface area contributed by atoms with Crippen LogP contribution in [0.25, 0.3) is 77.5 Å². The van der Waals surface area contributed by atoms with Gasteiger partial charge in [0.15, 0.2) is 0 Å². The SMILES string of the molecule is CC(C)c1cccc(C(C)C)c1N1[C-]=[N+](c2c(C(C)C)cccc2C(C)C)C(=O)C(C)(C)C1.CC(C)c1cccc(C(C)C)c1N1[C-]=[N+](c2c(C(C)C)cccc2C(C)C)C(=O)C(C)(C)C1.CC(C)c1cccc(C(C)C)c1N1[C-]=[N+](c2c(C(C)C)cccc2C(C)C)C(=O)C(C)(C)C1.[Ag].[Au].[Cu+2].c1ccc2c(c1)[n-]c1ccccc12.c1ccc2c(c1)nc1[n-]c3ccccc3n12.c1ccc2c(c1)nc1[n-]c3ccccc3n12. The number of para-hydroxylation sites is 16. The maximum atomic E-state index is 13.8. The number of aromatic nitrogens is 7. The quantitative estimate of drug-likeness (QED) is 0.0459. The predicted molar refractivity (Wildman–Crippen MR) is 603 cm³/mol. The molecule has 0 saturated heterocycles. The smallest absolute Gasteiger partial charge is 0.657 e. The van der Waals surface area contributed by atoms with Crippen LogP contribution in [0.5, 0.6) is 0 Å². The third kappa shape index (κ3) is 23.7. The Balaban J connectivity index is 0.000000161. The van der Waals surface area contributed by atoms with E-state index in [-0.39, 0.29) is 79.6 Å². The third-order valence-electron chi connectivity index (χ3n) is 28.3. The summed E-state index contributed by atoms with van der Waals surface area (Å²) >= 11 is 0. The zero-order chi connectivity index (χ0) is 104. The van der Waals surface area contributed by atoms with Crippen molar-refractivity contribution in [2.24, 2.45) is 16.2 Å². The van der Waals surface area contributed by atoms with E-state index in [1.165, 1.54) is 94.6 Å². The number of fused-ring (bicyclic) bond motifs is 13. The fourth-order valence-electron chi connectivity index (χ4n) is 20.6. The summed E-state index contributed by atoms with van der Waals surface area (Å²) in [5, 5.41) is 2.50. The van der Waals surface area contributed by atoms with E-state index in [2.05, 4.69) is 445 Å². The summed E-state index contributed by atoms with van der Waals surface area (Å²) in [4.78, 5) is 70.8. The molecule has 0 saturated carbocycles. The zero-order valence-electron chi connectivity index (χ0n) is 91.7. The van der Waals surface area contributed by atoms with Crippen molar-refractivity contribution in [3.63, 3.8) is 0 Å². The molecule has 3 amide bonds. The number of hydrogen-bond acceptors (Lipinski definition) is 8. The van der Waals surface area contributed by atoms with Crippen molar-refractivity contribution in [2.75, 3.05) is 34.3 Å². The molecule has 0 unspecified atom stereocenters. The maximum Gasteiger partial charge on any atom is 2.00 e. The van der Waals surface area contributed by atoms with Gasteiger partial charge in [-0.2, -0.15) is 0 Å². The van der Waals surface area contributed by atoms with Gasteiger partial charge in [0.25, 0.3) is 0 Å². The van der Waals surface area contributed by atoms with Crippen molar-refractivity contribution in [2.45, 2.75) is 279 Å². The van der Waals surface area contributed by atoms with E-state index in [9.17, 15) is 14.4 Å². The normalized spacial score (nSPS) is 14.6. The van der Waals surface area contributed by atoms with Crippen LogP contribution in [0.3, 0.4) is 0 Å². The molecule has 3 aliphatic heterocycles. The number of anilines is 3. The molecule has 0 spiro atoms. The van der Waals surface area contributed by atoms with E-state index in [1.54, 1.807) is 0 Å². The summed E-state index contributed by atoms with van der Waals surface area (Å²) in [5.74, 6) is 6.01. The molecule has 0 atom stereocenters. The third-order valence-corrected chi connectivity index (χ3v) is 28.3. The number of carbonyl (C=O) groups is 3. The van der Waals surface area contributed by atoms with Gasteiger partial charge in [-0.25, -0.2) is 0 Å². The molecule has 0 aliphatic carbocycles. The fourth-order valence-corrected chi connectivity index (χ4v) is 20.6. The zero-order valence-corrected chi connectivity index (χ0v) is 96.3. The van der Waals surface area contributed by atoms with Crippen LogP contribution < -0.4 is 29.7 Å². The van der Waals surface area contributed by atoms with Gasteiger partial charge in [-0.3, -0.25) is 13.7 Å². The summed E-state index contributed by atoms with van der Waals surface area (Å²) < 4.78 is 9.73. The van der Waals surface area contributed by atoms with Crippen molar-refractivity contribution in [1.29, 1.82) is 0 Å². The number of hydrogen-bond donors (Lipinski definition) is 0. The molecule has 0 fully saturated rings. The molecule has 12 aromatic carbocycles. The molecule has 779 valence electrons. The number of rotatable bonds is 18. The van der Waals surface area contributed by atoms with Crippen molar-refractivity contribution >= 4 is 148 Å². The monoisotopic (exact) mass is 2280 g/mol. The first-order valence-corrected chi connectivity index (χ1v) is 52.3. The van der Waals surface area contributed by atoms with Crippen LogP contribution in [0.1, 0.15) is 345 Å². The van der Waals surface area contributed by atoms with Crippen molar-refractivity contribution in [3.8, 4) is 0 Å². The minimum absolute atomic E-state index is 0.